The summed E-state index contributed by atoms with van der Waals surface area (Å²) in [4.78, 5) is 0. The van der Waals surface area contributed by atoms with Crippen molar-refractivity contribution >= 4 is 18.4 Å². The Morgan fingerprint density at radius 2 is 1.06 bits per heavy atom. The van der Waals surface area contributed by atoms with E-state index in [1.54, 1.807) is 0 Å². The minimum atomic E-state index is -3.93. The summed E-state index contributed by atoms with van der Waals surface area (Å²) in [5.41, 5.74) is 0. The van der Waals surface area contributed by atoms with Crippen LogP contribution in [0.2, 0.25) is 17.7 Å². The van der Waals surface area contributed by atoms with Crippen LogP contribution >= 0.6 is 0 Å². The number of hydrogen-bond donors (Lipinski definition) is 0. The van der Waals surface area contributed by atoms with Crippen LogP contribution in [-0.4, -0.2) is 24.6 Å². The number of alkyl halides is 3. The number of hydrogen-bond acceptors (Lipinski definition) is 0. The van der Waals surface area contributed by atoms with Crippen LogP contribution in [0.4, 0.5) is 13.2 Å². The predicted octanol–water partition coefficient (Wildman–Crippen LogP) is 6.40. The van der Waals surface area contributed by atoms with Crippen molar-refractivity contribution in [3.63, 3.8) is 0 Å². The maximum atomic E-state index is 12.9. The van der Waals surface area contributed by atoms with Gasteiger partial charge in [-0.1, -0.05) is 0 Å². The van der Waals surface area contributed by atoms with E-state index in [0.29, 0.717) is 0 Å². The molecule has 0 aromatic heterocycles. The van der Waals surface area contributed by atoms with E-state index in [1.165, 1.54) is 0 Å². The standard InChI is InChI=1S/3C4H9.C2H2F3.Sn/c3*1-3-4-2;1-2(3,4)5;/h3*1,3-4H2,2H3;1H2;. The summed E-state index contributed by atoms with van der Waals surface area (Å²) in [5, 5.41) is 0. The normalized spacial score (nSPS) is 13.0. The second kappa shape index (κ2) is 9.49. The molecule has 0 aromatic rings. The average Bonchev–Trinajstić information content (AvgIpc) is 2.29. The molecule has 110 valence electrons. The van der Waals surface area contributed by atoms with Crippen LogP contribution in [0, 0.1) is 0 Å². The van der Waals surface area contributed by atoms with Crippen LogP contribution in [0.5, 0.6) is 0 Å². The van der Waals surface area contributed by atoms with Gasteiger partial charge in [0, 0.05) is 0 Å². The molecule has 0 fully saturated rings. The van der Waals surface area contributed by atoms with Crippen LogP contribution in [0.1, 0.15) is 59.3 Å². The summed E-state index contributed by atoms with van der Waals surface area (Å²) in [6.07, 6.45) is 2.22. The Morgan fingerprint density at radius 1 is 0.722 bits per heavy atom. The van der Waals surface area contributed by atoms with E-state index >= 15 is 0 Å². The van der Waals surface area contributed by atoms with Crippen molar-refractivity contribution in [2.24, 2.45) is 0 Å². The fourth-order valence-corrected chi connectivity index (χ4v) is 18.3. The molecular formula is C14H29F3Sn. The van der Waals surface area contributed by atoms with Gasteiger partial charge in [-0.05, 0) is 0 Å². The van der Waals surface area contributed by atoms with Gasteiger partial charge >= 0.3 is 115 Å². The zero-order valence-corrected chi connectivity index (χ0v) is 15.1. The van der Waals surface area contributed by atoms with Crippen LogP contribution in [0.25, 0.3) is 0 Å². The quantitative estimate of drug-likeness (QED) is 0.389. The first-order valence-corrected chi connectivity index (χ1v) is 15.5. The minimum absolute atomic E-state index is 0.373. The van der Waals surface area contributed by atoms with Gasteiger partial charge < -0.3 is 0 Å². The third-order valence-corrected chi connectivity index (χ3v) is 19.2. The van der Waals surface area contributed by atoms with Crippen molar-refractivity contribution in [2.75, 3.05) is 0 Å². The molecule has 0 saturated heterocycles. The van der Waals surface area contributed by atoms with Gasteiger partial charge in [0.2, 0.25) is 0 Å². The summed E-state index contributed by atoms with van der Waals surface area (Å²) >= 11 is -2.95. The van der Waals surface area contributed by atoms with Crippen LogP contribution in [0.3, 0.4) is 0 Å². The predicted molar refractivity (Wildman–Crippen MR) is 75.8 cm³/mol. The monoisotopic (exact) mass is 374 g/mol. The second-order valence-corrected chi connectivity index (χ2v) is 19.5. The number of unbranched alkanes of at least 4 members (excludes halogenated alkanes) is 3. The summed E-state index contributed by atoms with van der Waals surface area (Å²) in [6, 6.07) is 0. The van der Waals surface area contributed by atoms with E-state index in [4.69, 9.17) is 0 Å². The number of halogens is 3. The summed E-state index contributed by atoms with van der Waals surface area (Å²) in [7, 11) is 0. The third kappa shape index (κ3) is 8.65. The first-order valence-electron chi connectivity index (χ1n) is 7.46. The first kappa shape index (κ1) is 18.6. The van der Waals surface area contributed by atoms with Crippen LogP contribution < -0.4 is 0 Å². The molecule has 4 heteroatoms. The molecule has 0 heterocycles. The number of rotatable bonds is 10. The summed E-state index contributed by atoms with van der Waals surface area (Å²) < 4.78 is 41.1. The zero-order valence-electron chi connectivity index (χ0n) is 12.2. The van der Waals surface area contributed by atoms with E-state index in [2.05, 4.69) is 20.8 Å². The van der Waals surface area contributed by atoms with Gasteiger partial charge in [-0.15, -0.1) is 0 Å². The Bertz CT molecular complexity index is 180. The molecule has 0 aromatic carbocycles. The van der Waals surface area contributed by atoms with Gasteiger partial charge in [0.25, 0.3) is 0 Å². The first-order chi connectivity index (χ1) is 8.39. The molecule has 0 aliphatic carbocycles. The molecular weight excluding hydrogens is 344 g/mol. The van der Waals surface area contributed by atoms with Crippen LogP contribution in [0.15, 0.2) is 0 Å². The van der Waals surface area contributed by atoms with Crippen molar-refractivity contribution in [1.29, 1.82) is 0 Å². The molecule has 0 aliphatic rings. The topological polar surface area (TPSA) is 0 Å². The fourth-order valence-electron chi connectivity index (χ4n) is 2.72. The van der Waals surface area contributed by atoms with Gasteiger partial charge in [-0.25, -0.2) is 0 Å². The van der Waals surface area contributed by atoms with E-state index in [-0.39, 0.29) is 4.44 Å². The van der Waals surface area contributed by atoms with Gasteiger partial charge in [-0.2, -0.15) is 0 Å². The van der Waals surface area contributed by atoms with Gasteiger partial charge in [-0.3, -0.25) is 0 Å². The molecule has 0 unspecified atom stereocenters. The molecule has 0 aliphatic heterocycles. The molecule has 0 spiro atoms. The van der Waals surface area contributed by atoms with E-state index in [9.17, 15) is 13.2 Å². The zero-order chi connectivity index (χ0) is 14.1. The Labute approximate surface area is 115 Å². The molecule has 0 nitrogen and oxygen atoms in total. The SMILES string of the molecule is CCC[CH2][Sn]([CH2]CCC)([CH2]CCC)[CH2]C(F)(F)F. The molecule has 0 amide bonds. The van der Waals surface area contributed by atoms with E-state index < -0.39 is 24.6 Å². The maximum absolute atomic E-state index is 12.9. The molecule has 0 N–H and O–H groups in total. The Kier molecular flexibility index (Phi) is 9.80. The second-order valence-electron chi connectivity index (χ2n) is 5.60. The van der Waals surface area contributed by atoms with E-state index in [0.717, 1.165) is 51.8 Å². The average molecular weight is 373 g/mol. The van der Waals surface area contributed by atoms with Crippen molar-refractivity contribution < 1.29 is 13.2 Å². The van der Waals surface area contributed by atoms with Crippen molar-refractivity contribution in [3.05, 3.63) is 0 Å². The molecule has 0 rings (SSSR count). The van der Waals surface area contributed by atoms with Gasteiger partial charge in [0.1, 0.15) is 0 Å². The van der Waals surface area contributed by atoms with E-state index in [1.807, 2.05) is 0 Å². The third-order valence-electron chi connectivity index (χ3n) is 3.76. The summed E-state index contributed by atoms with van der Waals surface area (Å²) in [6.45, 7) is 6.26. The van der Waals surface area contributed by atoms with Gasteiger partial charge in [0.05, 0.1) is 0 Å². The Balaban J connectivity index is 4.73. The molecule has 18 heavy (non-hydrogen) atoms. The molecule has 0 radical (unpaired) electrons. The van der Waals surface area contributed by atoms with Crippen LogP contribution in [-0.2, 0) is 0 Å². The van der Waals surface area contributed by atoms with Crippen molar-refractivity contribution in [3.8, 4) is 0 Å². The molecule has 0 bridgehead atoms. The summed E-state index contributed by atoms with van der Waals surface area (Å²) in [5.74, 6) is 0. The van der Waals surface area contributed by atoms with Gasteiger partial charge in [0.15, 0.2) is 0 Å². The fraction of sp³-hybridized carbons (Fsp3) is 1.00. The molecule has 0 saturated carbocycles. The van der Waals surface area contributed by atoms with Crippen molar-refractivity contribution in [1.82, 2.24) is 0 Å². The molecule has 0 atom stereocenters. The Hall–Kier alpha value is 0.589. The Morgan fingerprint density at radius 3 is 1.28 bits per heavy atom. The van der Waals surface area contributed by atoms with Crippen molar-refractivity contribution in [2.45, 2.75) is 83.2 Å².